The number of carbonyl (C=O) groups is 2. The molecular weight excluding hydrogens is 509 g/mol. The Labute approximate surface area is 195 Å². The van der Waals surface area contributed by atoms with Crippen molar-refractivity contribution in [3.8, 4) is 5.75 Å². The number of carbonyl (C=O) groups excluding carboxylic acids is 2. The summed E-state index contributed by atoms with van der Waals surface area (Å²) < 4.78 is 103. The molecule has 1 unspecified atom stereocenters. The molecule has 0 aliphatic heterocycles. The van der Waals surface area contributed by atoms with Crippen LogP contribution in [0.2, 0.25) is 0 Å². The van der Waals surface area contributed by atoms with Crippen LogP contribution in [0.5, 0.6) is 5.75 Å². The fourth-order valence-electron chi connectivity index (χ4n) is 2.66. The molecule has 2 rings (SSSR count). The standard InChI is InChI=1S/C19H18F5N3O5S2/c1-8(28)26-11(19(29)25-2)7-33-17-13(21)15(23)18(16(24)14(17)22)34(30,31)27-9-4-5-12(32-3)10(20)6-9/h4-6,11,27H,7H2,1-3H3,(H,25,29)(H,26,28). The van der Waals surface area contributed by atoms with Gasteiger partial charge in [-0.3, -0.25) is 14.3 Å². The van der Waals surface area contributed by atoms with Crippen molar-refractivity contribution >= 4 is 39.3 Å². The van der Waals surface area contributed by atoms with Gasteiger partial charge in [0, 0.05) is 25.8 Å². The molecule has 0 radical (unpaired) electrons. The molecule has 0 aliphatic rings. The van der Waals surface area contributed by atoms with Crippen LogP contribution in [-0.2, 0) is 19.6 Å². The van der Waals surface area contributed by atoms with Crippen molar-refractivity contribution in [3.05, 3.63) is 47.3 Å². The molecule has 34 heavy (non-hydrogen) atoms. The third kappa shape index (κ3) is 5.88. The van der Waals surface area contributed by atoms with Crippen LogP contribution < -0.4 is 20.1 Å². The fourth-order valence-corrected chi connectivity index (χ4v) is 4.85. The van der Waals surface area contributed by atoms with E-state index in [9.17, 15) is 40.0 Å². The van der Waals surface area contributed by atoms with Crippen molar-refractivity contribution in [2.24, 2.45) is 0 Å². The lowest BCUT2D eigenvalue weighted by Gasteiger charge is -2.17. The highest BCUT2D eigenvalue weighted by Gasteiger charge is 2.34. The van der Waals surface area contributed by atoms with Crippen LogP contribution in [0.1, 0.15) is 6.92 Å². The van der Waals surface area contributed by atoms with Crippen molar-refractivity contribution in [1.29, 1.82) is 0 Å². The number of amides is 2. The van der Waals surface area contributed by atoms with Crippen LogP contribution in [-0.4, -0.2) is 46.2 Å². The van der Waals surface area contributed by atoms with Crippen molar-refractivity contribution in [2.75, 3.05) is 24.6 Å². The number of sulfonamides is 1. The van der Waals surface area contributed by atoms with Gasteiger partial charge in [-0.25, -0.2) is 30.4 Å². The highest BCUT2D eigenvalue weighted by Crippen LogP contribution is 2.35. The Morgan fingerprint density at radius 1 is 1.06 bits per heavy atom. The lowest BCUT2D eigenvalue weighted by molar-refractivity contribution is -0.127. The van der Waals surface area contributed by atoms with E-state index in [-0.39, 0.29) is 17.5 Å². The molecule has 0 fully saturated rings. The average Bonchev–Trinajstić information content (AvgIpc) is 2.75. The quantitative estimate of drug-likeness (QED) is 0.263. The van der Waals surface area contributed by atoms with Gasteiger partial charge in [0.05, 0.1) is 17.7 Å². The first-order valence-electron chi connectivity index (χ1n) is 9.17. The molecule has 2 aromatic rings. The van der Waals surface area contributed by atoms with Gasteiger partial charge in [-0.05, 0) is 12.1 Å². The summed E-state index contributed by atoms with van der Waals surface area (Å²) in [5.41, 5.74) is -0.500. The number of halogens is 5. The lowest BCUT2D eigenvalue weighted by atomic mass is 10.3. The van der Waals surface area contributed by atoms with Gasteiger partial charge >= 0.3 is 0 Å². The van der Waals surface area contributed by atoms with E-state index in [2.05, 4.69) is 15.4 Å². The molecule has 8 nitrogen and oxygen atoms in total. The Hall–Kier alpha value is -3.07. The fraction of sp³-hybridized carbons (Fsp3) is 0.263. The van der Waals surface area contributed by atoms with E-state index in [0.717, 1.165) is 26.2 Å². The van der Waals surface area contributed by atoms with E-state index in [1.807, 2.05) is 0 Å². The highest BCUT2D eigenvalue weighted by atomic mass is 32.2. The van der Waals surface area contributed by atoms with Gasteiger partial charge < -0.3 is 15.4 Å². The molecule has 0 spiro atoms. The van der Waals surface area contributed by atoms with E-state index in [1.54, 1.807) is 4.72 Å². The minimum absolute atomic E-state index is 0.141. The maximum Gasteiger partial charge on any atom is 0.267 e. The predicted octanol–water partition coefficient (Wildman–Crippen LogP) is 2.53. The zero-order valence-corrected chi connectivity index (χ0v) is 19.4. The normalized spacial score (nSPS) is 12.1. The monoisotopic (exact) mass is 527 g/mol. The number of benzene rings is 2. The predicted molar refractivity (Wildman–Crippen MR) is 112 cm³/mol. The number of methoxy groups -OCH3 is 1. The maximum atomic E-state index is 14.6. The summed E-state index contributed by atoms with van der Waals surface area (Å²) in [7, 11) is -2.89. The number of ether oxygens (including phenoxy) is 1. The number of thioether (sulfide) groups is 1. The third-order valence-electron chi connectivity index (χ3n) is 4.19. The summed E-state index contributed by atoms with van der Waals surface area (Å²) in [6.07, 6.45) is 0. The Morgan fingerprint density at radius 2 is 1.65 bits per heavy atom. The SMILES string of the molecule is CNC(=O)C(CSc1c(F)c(F)c(S(=O)(=O)Nc2ccc(OC)c(F)c2)c(F)c1F)NC(C)=O. The van der Waals surface area contributed by atoms with E-state index < -0.39 is 78.2 Å². The van der Waals surface area contributed by atoms with Crippen LogP contribution in [0.15, 0.2) is 28.0 Å². The summed E-state index contributed by atoms with van der Waals surface area (Å²) in [5.74, 6) is -11.8. The Balaban J connectivity index is 2.42. The van der Waals surface area contributed by atoms with Crippen LogP contribution in [0, 0.1) is 29.1 Å². The van der Waals surface area contributed by atoms with Gasteiger partial charge in [0.15, 0.2) is 39.7 Å². The molecule has 0 bridgehead atoms. The molecule has 0 aromatic heterocycles. The van der Waals surface area contributed by atoms with E-state index in [1.165, 1.54) is 7.05 Å². The molecule has 186 valence electrons. The van der Waals surface area contributed by atoms with E-state index in [4.69, 9.17) is 0 Å². The minimum Gasteiger partial charge on any atom is -0.494 e. The molecule has 15 heteroatoms. The molecule has 1 atom stereocenters. The van der Waals surface area contributed by atoms with Crippen LogP contribution in [0.3, 0.4) is 0 Å². The Morgan fingerprint density at radius 3 is 2.12 bits per heavy atom. The lowest BCUT2D eigenvalue weighted by Crippen LogP contribution is -2.46. The number of hydrogen-bond acceptors (Lipinski definition) is 6. The summed E-state index contributed by atoms with van der Waals surface area (Å²) in [5, 5.41) is 4.39. The summed E-state index contributed by atoms with van der Waals surface area (Å²) in [4.78, 5) is 19.8. The zero-order chi connectivity index (χ0) is 25.8. The number of hydrogen-bond donors (Lipinski definition) is 3. The smallest absolute Gasteiger partial charge is 0.267 e. The van der Waals surface area contributed by atoms with E-state index >= 15 is 0 Å². The molecule has 0 saturated carbocycles. The second-order valence-corrected chi connectivity index (χ2v) is 9.20. The minimum atomic E-state index is -5.26. The Bertz CT molecular complexity index is 1200. The summed E-state index contributed by atoms with van der Waals surface area (Å²) >= 11 is 0.141. The third-order valence-corrected chi connectivity index (χ3v) is 6.74. The van der Waals surface area contributed by atoms with Crippen LogP contribution in [0.4, 0.5) is 27.6 Å². The van der Waals surface area contributed by atoms with Crippen molar-refractivity contribution in [1.82, 2.24) is 10.6 Å². The second-order valence-electron chi connectivity index (χ2n) is 6.55. The average molecular weight is 527 g/mol. The second kappa shape index (κ2) is 10.9. The molecule has 2 aromatic carbocycles. The number of nitrogens with one attached hydrogen (secondary N) is 3. The topological polar surface area (TPSA) is 114 Å². The number of likely N-dealkylation sites (N-methyl/N-ethyl adjacent to an activating group) is 1. The van der Waals surface area contributed by atoms with Gasteiger partial charge in [0.2, 0.25) is 11.8 Å². The maximum absolute atomic E-state index is 14.6. The first kappa shape index (κ1) is 27.2. The molecule has 0 aliphatic carbocycles. The summed E-state index contributed by atoms with van der Waals surface area (Å²) in [6, 6.07) is 1.32. The van der Waals surface area contributed by atoms with Gasteiger partial charge in [0.1, 0.15) is 6.04 Å². The van der Waals surface area contributed by atoms with Crippen molar-refractivity contribution < 1.29 is 44.7 Å². The van der Waals surface area contributed by atoms with Crippen LogP contribution in [0.25, 0.3) is 0 Å². The van der Waals surface area contributed by atoms with Gasteiger partial charge in [-0.2, -0.15) is 0 Å². The van der Waals surface area contributed by atoms with Gasteiger partial charge in [-0.1, -0.05) is 0 Å². The molecule has 3 N–H and O–H groups in total. The van der Waals surface area contributed by atoms with Gasteiger partial charge in [0.25, 0.3) is 10.0 Å². The first-order valence-corrected chi connectivity index (χ1v) is 11.6. The molecule has 0 heterocycles. The largest absolute Gasteiger partial charge is 0.494 e. The van der Waals surface area contributed by atoms with E-state index in [0.29, 0.717) is 6.07 Å². The molecule has 2 amide bonds. The summed E-state index contributed by atoms with van der Waals surface area (Å²) in [6.45, 7) is 1.07. The Kier molecular flexibility index (Phi) is 8.72. The zero-order valence-electron chi connectivity index (χ0n) is 17.8. The number of rotatable bonds is 9. The molecular formula is C19H18F5N3O5S2. The highest BCUT2D eigenvalue weighted by molar-refractivity contribution is 7.99. The number of anilines is 1. The van der Waals surface area contributed by atoms with Crippen molar-refractivity contribution in [2.45, 2.75) is 22.8 Å². The molecule has 0 saturated heterocycles. The first-order chi connectivity index (χ1) is 15.8. The van der Waals surface area contributed by atoms with Gasteiger partial charge in [-0.15, -0.1) is 11.8 Å². The van der Waals surface area contributed by atoms with Crippen molar-refractivity contribution in [3.63, 3.8) is 0 Å². The van der Waals surface area contributed by atoms with Crippen LogP contribution >= 0.6 is 11.8 Å².